The average molecular weight is 668 g/mol. The Kier molecular flexibility index (Phi) is 13.7. The van der Waals surface area contributed by atoms with Crippen LogP contribution in [0.3, 0.4) is 0 Å². The Morgan fingerprint density at radius 1 is 0.268 bits per heavy atom. The van der Waals surface area contributed by atoms with Crippen molar-refractivity contribution in [1.82, 2.24) is 0 Å². The van der Waals surface area contributed by atoms with Crippen LogP contribution in [0, 0.1) is 0 Å². The van der Waals surface area contributed by atoms with Crippen LogP contribution in [0.15, 0.2) is 182 Å². The molecule has 0 aliphatic heterocycles. The third-order valence-electron chi connectivity index (χ3n) is 6.09. The molecule has 41 heavy (non-hydrogen) atoms. The Labute approximate surface area is 261 Å². The predicted octanol–water partition coefficient (Wildman–Crippen LogP) is 7.89. The molecule has 0 fully saturated rings. The Morgan fingerprint density at radius 3 is 0.512 bits per heavy atom. The molecule has 0 aliphatic carbocycles. The summed E-state index contributed by atoms with van der Waals surface area (Å²) < 4.78 is 0. The van der Waals surface area contributed by atoms with Gasteiger partial charge in [0.25, 0.3) is 0 Å². The van der Waals surface area contributed by atoms with Crippen LogP contribution in [0.5, 0.6) is 0 Å². The van der Waals surface area contributed by atoms with Crippen molar-refractivity contribution in [3.63, 3.8) is 0 Å². The first kappa shape index (κ1) is 31.2. The normalized spacial score (nSPS) is 10.2. The minimum absolute atomic E-state index is 0.446. The van der Waals surface area contributed by atoms with Gasteiger partial charge in [-0.3, -0.25) is 0 Å². The minimum atomic E-state index is -0.556. The summed E-state index contributed by atoms with van der Waals surface area (Å²) in [5.74, 6) is 0. The number of hydrogen-bond donors (Lipinski definition) is 0. The van der Waals surface area contributed by atoms with Crippen molar-refractivity contribution in [3.05, 3.63) is 182 Å². The van der Waals surface area contributed by atoms with Crippen LogP contribution >= 0.6 is 35.9 Å². The van der Waals surface area contributed by atoms with E-state index in [9.17, 15) is 0 Å². The van der Waals surface area contributed by atoms with E-state index >= 15 is 0 Å². The van der Waals surface area contributed by atoms with Crippen molar-refractivity contribution >= 4 is 81.3 Å². The first-order chi connectivity index (χ1) is 20.3. The van der Waals surface area contributed by atoms with Gasteiger partial charge >= 0.3 is 33.6 Å². The Bertz CT molecular complexity index is 1200. The average Bonchev–Trinajstić information content (AvgIpc) is 3.05. The standard InChI is InChI=1S/2C18H15P.Cl2Ge/c2*1-4-10-16(11-5-1)19(17-12-6-2-7-13-17)18-14-8-3-9-15-18;1-3-2/h2*1-15H;. The molecule has 0 spiro atoms. The van der Waals surface area contributed by atoms with E-state index in [0.717, 1.165) is 0 Å². The van der Waals surface area contributed by atoms with Gasteiger partial charge in [-0.05, 0) is 47.7 Å². The van der Waals surface area contributed by atoms with Crippen LogP contribution in [-0.2, 0) is 0 Å². The van der Waals surface area contributed by atoms with Crippen LogP contribution in [0.2, 0.25) is 0 Å². The van der Waals surface area contributed by atoms with Crippen molar-refractivity contribution < 1.29 is 0 Å². The fourth-order valence-corrected chi connectivity index (χ4v) is 8.97. The second-order valence-electron chi connectivity index (χ2n) is 8.76. The third-order valence-corrected chi connectivity index (χ3v) is 11.0. The van der Waals surface area contributed by atoms with E-state index in [4.69, 9.17) is 20.0 Å². The van der Waals surface area contributed by atoms with Crippen molar-refractivity contribution in [2.45, 2.75) is 0 Å². The van der Waals surface area contributed by atoms with Gasteiger partial charge < -0.3 is 0 Å². The van der Waals surface area contributed by atoms with Crippen LogP contribution in [0.4, 0.5) is 0 Å². The van der Waals surface area contributed by atoms with Crippen molar-refractivity contribution in [2.75, 3.05) is 0 Å². The molecule has 6 rings (SSSR count). The molecule has 0 N–H and O–H groups in total. The van der Waals surface area contributed by atoms with E-state index in [1.807, 2.05) is 0 Å². The molecule has 0 nitrogen and oxygen atoms in total. The summed E-state index contributed by atoms with van der Waals surface area (Å²) in [7, 11) is 8.89. The monoisotopic (exact) mass is 668 g/mol. The smallest absolute Gasteiger partial charge is 0.0134 e. The molecule has 0 amide bonds. The SMILES string of the molecule is [Cl][Ge][Cl].c1ccc(P(c2ccccc2)c2ccccc2)cc1.c1ccc(P(c2ccccc2)c2ccccc2)cc1. The Morgan fingerprint density at radius 2 is 0.390 bits per heavy atom. The van der Waals surface area contributed by atoms with E-state index in [1.165, 1.54) is 31.8 Å². The molecule has 0 saturated carbocycles. The third kappa shape index (κ3) is 9.68. The van der Waals surface area contributed by atoms with E-state index in [1.54, 1.807) is 0 Å². The van der Waals surface area contributed by atoms with Gasteiger partial charge in [0.15, 0.2) is 0 Å². The van der Waals surface area contributed by atoms with Crippen molar-refractivity contribution in [3.8, 4) is 0 Å². The van der Waals surface area contributed by atoms with Gasteiger partial charge in [0.2, 0.25) is 0 Å². The van der Waals surface area contributed by atoms with Crippen LogP contribution < -0.4 is 31.8 Å². The molecule has 0 saturated heterocycles. The summed E-state index contributed by atoms with van der Waals surface area (Å²) in [5, 5.41) is 8.39. The summed E-state index contributed by atoms with van der Waals surface area (Å²) in [5.41, 5.74) is 0. The molecule has 0 bridgehead atoms. The fourth-order valence-electron chi connectivity index (χ4n) is 4.36. The van der Waals surface area contributed by atoms with E-state index in [2.05, 4.69) is 182 Å². The van der Waals surface area contributed by atoms with Crippen LogP contribution in [0.1, 0.15) is 0 Å². The molecule has 0 unspecified atom stereocenters. The minimum Gasteiger partial charge on any atom is -0.0622 e. The number of halogens is 2. The molecule has 202 valence electrons. The molecule has 6 aromatic rings. The van der Waals surface area contributed by atoms with Crippen molar-refractivity contribution in [2.24, 2.45) is 0 Å². The molecule has 0 aliphatic rings. The molecule has 0 heterocycles. The number of hydrogen-bond acceptors (Lipinski definition) is 0. The zero-order chi connectivity index (χ0) is 28.5. The topological polar surface area (TPSA) is 0 Å². The number of benzene rings is 6. The molecular weight excluding hydrogens is 638 g/mol. The van der Waals surface area contributed by atoms with Crippen molar-refractivity contribution in [1.29, 1.82) is 0 Å². The maximum Gasteiger partial charge on any atom is -0.0134 e. The molecule has 0 aromatic heterocycles. The van der Waals surface area contributed by atoms with Gasteiger partial charge in [0, 0.05) is 0 Å². The van der Waals surface area contributed by atoms with E-state index < -0.39 is 29.4 Å². The zero-order valence-corrected chi connectivity index (χ0v) is 27.9. The summed E-state index contributed by atoms with van der Waals surface area (Å²) in [4.78, 5) is 0. The molecule has 0 atom stereocenters. The summed E-state index contributed by atoms with van der Waals surface area (Å²) >= 11 is -0.556. The Hall–Kier alpha value is -2.70. The maximum absolute atomic E-state index is 4.89. The van der Waals surface area contributed by atoms with Gasteiger partial charge in [0.05, 0.1) is 0 Å². The number of rotatable bonds is 6. The summed E-state index contributed by atoms with van der Waals surface area (Å²) in [6.45, 7) is 0. The quantitative estimate of drug-likeness (QED) is 0.125. The van der Waals surface area contributed by atoms with Gasteiger partial charge in [-0.1, -0.05) is 182 Å². The first-order valence-electron chi connectivity index (χ1n) is 13.2. The second kappa shape index (κ2) is 18.0. The van der Waals surface area contributed by atoms with E-state index in [-0.39, 0.29) is 0 Å². The molecule has 2 radical (unpaired) electrons. The maximum atomic E-state index is 4.89. The van der Waals surface area contributed by atoms with Gasteiger partial charge in [-0.15, -0.1) is 0 Å². The van der Waals surface area contributed by atoms with Crippen LogP contribution in [0.25, 0.3) is 0 Å². The summed E-state index contributed by atoms with van der Waals surface area (Å²) in [6.07, 6.45) is 0. The fraction of sp³-hybridized carbons (Fsp3) is 0. The van der Waals surface area contributed by atoms with Gasteiger partial charge in [0.1, 0.15) is 0 Å². The molecule has 6 aromatic carbocycles. The molecular formula is C36H30Cl2GeP2. The largest absolute Gasteiger partial charge is 0.0622 e. The second-order valence-corrected chi connectivity index (χ2v) is 16.5. The molecule has 5 heteroatoms. The predicted molar refractivity (Wildman–Crippen MR) is 188 cm³/mol. The Balaban J connectivity index is 0.000000173. The van der Waals surface area contributed by atoms with Gasteiger partial charge in [-0.2, -0.15) is 0 Å². The van der Waals surface area contributed by atoms with Gasteiger partial charge in [-0.25, -0.2) is 0 Å². The van der Waals surface area contributed by atoms with Crippen LogP contribution in [-0.4, -0.2) is 13.6 Å². The zero-order valence-electron chi connectivity index (χ0n) is 22.5. The van der Waals surface area contributed by atoms with E-state index in [0.29, 0.717) is 0 Å². The summed E-state index contributed by atoms with van der Waals surface area (Å²) in [6, 6.07) is 64.7. The first-order valence-corrected chi connectivity index (χ1v) is 21.4.